The quantitative estimate of drug-likeness (QED) is 0.841. The van der Waals surface area contributed by atoms with Gasteiger partial charge in [-0.15, -0.1) is 0 Å². The summed E-state index contributed by atoms with van der Waals surface area (Å²) in [5, 5.41) is 0. The van der Waals surface area contributed by atoms with Gasteiger partial charge in [-0.25, -0.2) is 0 Å². The molecule has 1 aromatic rings. The number of carbonyl (C=O) groups is 1. The Morgan fingerprint density at radius 3 is 2.74 bits per heavy atom. The van der Waals surface area contributed by atoms with Gasteiger partial charge in [-0.2, -0.15) is 0 Å². The maximum atomic E-state index is 12.7. The molecule has 0 unspecified atom stereocenters. The van der Waals surface area contributed by atoms with Crippen LogP contribution in [0, 0.1) is 12.8 Å². The van der Waals surface area contributed by atoms with E-state index in [2.05, 4.69) is 22.9 Å². The summed E-state index contributed by atoms with van der Waals surface area (Å²) in [7, 11) is 0. The van der Waals surface area contributed by atoms with Crippen LogP contribution >= 0.6 is 15.9 Å². The van der Waals surface area contributed by atoms with Gasteiger partial charge in [0.15, 0.2) is 0 Å². The van der Waals surface area contributed by atoms with E-state index in [0.717, 1.165) is 35.1 Å². The summed E-state index contributed by atoms with van der Waals surface area (Å²) in [6.45, 7) is 5.73. The standard InChI is InChI=1S/C15H21BrN2O/c1-3-6-18(9-11-4-5-11)15(19)13-7-12(16)8-14(17)10(13)2/h7-8,11H,3-6,9,17H2,1-2H3. The summed E-state index contributed by atoms with van der Waals surface area (Å²) in [6, 6.07) is 3.72. The molecule has 1 aromatic carbocycles. The first kappa shape index (κ1) is 14.4. The number of halogens is 1. The Hall–Kier alpha value is -1.03. The Morgan fingerprint density at radius 2 is 2.16 bits per heavy atom. The molecule has 4 heteroatoms. The zero-order chi connectivity index (χ0) is 14.0. The van der Waals surface area contributed by atoms with Crippen LogP contribution < -0.4 is 5.73 Å². The fraction of sp³-hybridized carbons (Fsp3) is 0.533. The molecule has 0 aromatic heterocycles. The van der Waals surface area contributed by atoms with E-state index in [1.54, 1.807) is 0 Å². The van der Waals surface area contributed by atoms with Crippen LogP contribution in [0.3, 0.4) is 0 Å². The van der Waals surface area contributed by atoms with E-state index in [1.807, 2.05) is 24.0 Å². The zero-order valence-electron chi connectivity index (χ0n) is 11.6. The average Bonchev–Trinajstić information content (AvgIpc) is 3.16. The van der Waals surface area contributed by atoms with Gasteiger partial charge in [0.1, 0.15) is 0 Å². The number of hydrogen-bond donors (Lipinski definition) is 1. The predicted octanol–water partition coefficient (Wildman–Crippen LogP) is 3.60. The fourth-order valence-electron chi connectivity index (χ4n) is 2.25. The van der Waals surface area contributed by atoms with Gasteiger partial charge in [0.2, 0.25) is 0 Å². The van der Waals surface area contributed by atoms with Crippen molar-refractivity contribution in [1.29, 1.82) is 0 Å². The molecule has 1 amide bonds. The molecule has 1 saturated carbocycles. The van der Waals surface area contributed by atoms with Gasteiger partial charge >= 0.3 is 0 Å². The first-order valence-corrected chi connectivity index (χ1v) is 7.67. The van der Waals surface area contributed by atoms with Crippen molar-refractivity contribution in [2.24, 2.45) is 5.92 Å². The topological polar surface area (TPSA) is 46.3 Å². The van der Waals surface area contributed by atoms with Gasteiger partial charge < -0.3 is 10.6 Å². The molecule has 104 valence electrons. The lowest BCUT2D eigenvalue weighted by atomic mass is 10.1. The average molecular weight is 325 g/mol. The van der Waals surface area contributed by atoms with Crippen molar-refractivity contribution in [2.45, 2.75) is 33.1 Å². The third-order valence-electron chi connectivity index (χ3n) is 3.60. The lowest BCUT2D eigenvalue weighted by molar-refractivity contribution is 0.0747. The molecule has 0 radical (unpaired) electrons. The molecule has 1 aliphatic carbocycles. The molecule has 0 spiro atoms. The summed E-state index contributed by atoms with van der Waals surface area (Å²) >= 11 is 3.42. The van der Waals surface area contributed by atoms with Crippen LogP contribution in [-0.4, -0.2) is 23.9 Å². The second kappa shape index (κ2) is 5.95. The number of rotatable bonds is 5. The number of nitrogens with two attached hydrogens (primary N) is 1. The molecule has 1 fully saturated rings. The fourth-order valence-corrected chi connectivity index (χ4v) is 2.73. The molecular weight excluding hydrogens is 304 g/mol. The Labute approximate surface area is 123 Å². The molecule has 0 saturated heterocycles. The van der Waals surface area contributed by atoms with E-state index >= 15 is 0 Å². The van der Waals surface area contributed by atoms with E-state index in [-0.39, 0.29) is 5.91 Å². The van der Waals surface area contributed by atoms with Crippen molar-refractivity contribution in [2.75, 3.05) is 18.8 Å². The van der Waals surface area contributed by atoms with Crippen molar-refractivity contribution in [3.8, 4) is 0 Å². The van der Waals surface area contributed by atoms with E-state index in [0.29, 0.717) is 11.6 Å². The first-order valence-electron chi connectivity index (χ1n) is 6.87. The van der Waals surface area contributed by atoms with Gasteiger partial charge in [0.25, 0.3) is 5.91 Å². The van der Waals surface area contributed by atoms with Crippen LogP contribution in [0.15, 0.2) is 16.6 Å². The van der Waals surface area contributed by atoms with Crippen LogP contribution in [0.4, 0.5) is 5.69 Å². The largest absolute Gasteiger partial charge is 0.398 e. The second-order valence-corrected chi connectivity index (χ2v) is 6.28. The minimum absolute atomic E-state index is 0.110. The number of nitrogens with zero attached hydrogens (tertiary/aromatic N) is 1. The molecular formula is C15H21BrN2O. The first-order chi connectivity index (χ1) is 9.02. The lowest BCUT2D eigenvalue weighted by Crippen LogP contribution is -2.34. The third-order valence-corrected chi connectivity index (χ3v) is 4.06. The molecule has 19 heavy (non-hydrogen) atoms. The van der Waals surface area contributed by atoms with Crippen molar-refractivity contribution in [1.82, 2.24) is 4.90 Å². The number of anilines is 1. The maximum absolute atomic E-state index is 12.7. The van der Waals surface area contributed by atoms with Gasteiger partial charge in [-0.1, -0.05) is 22.9 Å². The highest BCUT2D eigenvalue weighted by atomic mass is 79.9. The summed E-state index contributed by atoms with van der Waals surface area (Å²) in [6.07, 6.45) is 3.50. The molecule has 2 rings (SSSR count). The highest BCUT2D eigenvalue weighted by Gasteiger charge is 2.27. The van der Waals surface area contributed by atoms with Crippen molar-refractivity contribution in [3.63, 3.8) is 0 Å². The second-order valence-electron chi connectivity index (χ2n) is 5.36. The third kappa shape index (κ3) is 3.50. The van der Waals surface area contributed by atoms with Crippen LogP contribution in [0.25, 0.3) is 0 Å². The summed E-state index contributed by atoms with van der Waals surface area (Å²) in [5.74, 6) is 0.819. The normalized spacial score (nSPS) is 14.5. The SMILES string of the molecule is CCCN(CC1CC1)C(=O)c1cc(Br)cc(N)c1C. The number of hydrogen-bond acceptors (Lipinski definition) is 2. The Morgan fingerprint density at radius 1 is 1.47 bits per heavy atom. The van der Waals surface area contributed by atoms with E-state index < -0.39 is 0 Å². The summed E-state index contributed by atoms with van der Waals surface area (Å²) < 4.78 is 0.863. The Bertz CT molecular complexity index is 483. The highest BCUT2D eigenvalue weighted by molar-refractivity contribution is 9.10. The molecule has 0 aliphatic heterocycles. The zero-order valence-corrected chi connectivity index (χ0v) is 13.2. The minimum Gasteiger partial charge on any atom is -0.398 e. The predicted molar refractivity (Wildman–Crippen MR) is 82.2 cm³/mol. The molecule has 0 bridgehead atoms. The lowest BCUT2D eigenvalue weighted by Gasteiger charge is -2.23. The van der Waals surface area contributed by atoms with Gasteiger partial charge in [0, 0.05) is 28.8 Å². The minimum atomic E-state index is 0.110. The van der Waals surface area contributed by atoms with Gasteiger partial charge in [-0.05, 0) is 49.8 Å². The smallest absolute Gasteiger partial charge is 0.254 e. The van der Waals surface area contributed by atoms with Crippen LogP contribution in [0.1, 0.15) is 42.1 Å². The highest BCUT2D eigenvalue weighted by Crippen LogP contribution is 2.31. The maximum Gasteiger partial charge on any atom is 0.254 e. The Balaban J connectivity index is 2.24. The van der Waals surface area contributed by atoms with Gasteiger partial charge in [0.05, 0.1) is 0 Å². The van der Waals surface area contributed by atoms with Crippen molar-refractivity contribution < 1.29 is 4.79 Å². The van der Waals surface area contributed by atoms with Crippen LogP contribution in [0.2, 0.25) is 0 Å². The molecule has 1 aliphatic rings. The molecule has 0 atom stereocenters. The van der Waals surface area contributed by atoms with Crippen molar-refractivity contribution >= 4 is 27.5 Å². The summed E-state index contributed by atoms with van der Waals surface area (Å²) in [5.41, 5.74) is 8.22. The number of nitrogen functional groups attached to an aromatic ring is 1. The number of amides is 1. The molecule has 3 nitrogen and oxygen atoms in total. The number of carbonyl (C=O) groups excluding carboxylic acids is 1. The summed E-state index contributed by atoms with van der Waals surface area (Å²) in [4.78, 5) is 14.7. The molecule has 2 N–H and O–H groups in total. The number of benzene rings is 1. The Kier molecular flexibility index (Phi) is 4.50. The molecule has 0 heterocycles. The van der Waals surface area contributed by atoms with Crippen molar-refractivity contribution in [3.05, 3.63) is 27.7 Å². The van der Waals surface area contributed by atoms with Gasteiger partial charge in [-0.3, -0.25) is 4.79 Å². The van der Waals surface area contributed by atoms with E-state index in [9.17, 15) is 4.79 Å². The van der Waals surface area contributed by atoms with E-state index in [1.165, 1.54) is 12.8 Å². The van der Waals surface area contributed by atoms with Crippen LogP contribution in [0.5, 0.6) is 0 Å². The van der Waals surface area contributed by atoms with E-state index in [4.69, 9.17) is 5.73 Å². The monoisotopic (exact) mass is 324 g/mol. The van der Waals surface area contributed by atoms with Crippen LogP contribution in [-0.2, 0) is 0 Å².